The molecule has 2 aromatic heterocycles. The van der Waals surface area contributed by atoms with Crippen molar-refractivity contribution < 1.29 is 4.79 Å². The lowest BCUT2D eigenvalue weighted by Crippen LogP contribution is -2.18. The Morgan fingerprint density at radius 3 is 2.69 bits per heavy atom. The lowest BCUT2D eigenvalue weighted by Gasteiger charge is -2.05. The molecule has 0 spiro atoms. The van der Waals surface area contributed by atoms with E-state index in [1.165, 1.54) is 6.21 Å². The second-order valence-corrected chi connectivity index (χ2v) is 8.32. The lowest BCUT2D eigenvalue weighted by molar-refractivity contribution is 0.0949. The second-order valence-electron chi connectivity index (χ2n) is 6.66. The van der Waals surface area contributed by atoms with Crippen LogP contribution in [0.3, 0.4) is 0 Å². The van der Waals surface area contributed by atoms with E-state index in [-0.39, 0.29) is 5.69 Å². The zero-order valence-electron chi connectivity index (χ0n) is 16.2. The molecule has 162 valence electrons. The number of rotatable bonds is 6. The van der Waals surface area contributed by atoms with E-state index in [4.69, 9.17) is 46.4 Å². The molecule has 0 aliphatic rings. The first kappa shape index (κ1) is 22.4. The number of nitrogens with zero attached hydrogens (tertiary/aromatic N) is 4. The Morgan fingerprint density at radius 2 is 1.91 bits per heavy atom. The average Bonchev–Trinajstić information content (AvgIpc) is 3.42. The largest absolute Gasteiger partial charge is 0.291 e. The van der Waals surface area contributed by atoms with E-state index in [0.29, 0.717) is 37.9 Å². The molecule has 4 aromatic rings. The van der Waals surface area contributed by atoms with Crippen molar-refractivity contribution in [2.45, 2.75) is 6.54 Å². The van der Waals surface area contributed by atoms with Crippen LogP contribution in [0.2, 0.25) is 20.1 Å². The van der Waals surface area contributed by atoms with Gasteiger partial charge in [-0.1, -0.05) is 58.5 Å². The normalized spacial score (nSPS) is 11.2. The fourth-order valence-electron chi connectivity index (χ4n) is 2.89. The number of carbonyl (C=O) groups is 1. The zero-order chi connectivity index (χ0) is 22.7. The van der Waals surface area contributed by atoms with Gasteiger partial charge in [-0.05, 0) is 35.9 Å². The zero-order valence-corrected chi connectivity index (χ0v) is 19.2. The molecule has 4 rings (SSSR count). The number of carbonyl (C=O) groups excluding carboxylic acids is 1. The highest BCUT2D eigenvalue weighted by atomic mass is 35.5. The highest BCUT2D eigenvalue weighted by Gasteiger charge is 2.11. The number of H-pyrrole nitrogens is 1. The second kappa shape index (κ2) is 9.75. The predicted molar refractivity (Wildman–Crippen MR) is 127 cm³/mol. The number of halogens is 4. The summed E-state index contributed by atoms with van der Waals surface area (Å²) in [6.45, 7) is 0.397. The lowest BCUT2D eigenvalue weighted by atomic mass is 10.1. The van der Waals surface area contributed by atoms with Gasteiger partial charge in [0.1, 0.15) is 0 Å². The molecule has 0 unspecified atom stereocenters. The third-order valence-electron chi connectivity index (χ3n) is 4.47. The van der Waals surface area contributed by atoms with Gasteiger partial charge >= 0.3 is 0 Å². The summed E-state index contributed by atoms with van der Waals surface area (Å²) < 4.78 is 1.60. The molecule has 0 atom stereocenters. The molecule has 7 nitrogen and oxygen atoms in total. The van der Waals surface area contributed by atoms with Crippen LogP contribution in [0.15, 0.2) is 60.0 Å². The standard InChI is InChI=1S/C21H14Cl4N6O/c22-15-3-1-13(17(24)8-15)11-31-6-5-19(30-31)21(32)29-27-10-14-9-26-28-20(14)12-2-4-16(23)18(25)7-12/h1-10H,11H2,(H,26,28)(H,29,32)/b27-10-. The molecule has 0 saturated heterocycles. The van der Waals surface area contributed by atoms with E-state index in [1.807, 2.05) is 6.07 Å². The van der Waals surface area contributed by atoms with E-state index in [0.717, 1.165) is 11.1 Å². The summed E-state index contributed by atoms with van der Waals surface area (Å²) in [5.74, 6) is -0.457. The van der Waals surface area contributed by atoms with Crippen molar-refractivity contribution in [1.82, 2.24) is 25.4 Å². The highest BCUT2D eigenvalue weighted by Crippen LogP contribution is 2.28. The minimum Gasteiger partial charge on any atom is -0.277 e. The Morgan fingerprint density at radius 1 is 1.06 bits per heavy atom. The van der Waals surface area contributed by atoms with Crippen LogP contribution in [-0.2, 0) is 6.54 Å². The Balaban J connectivity index is 1.42. The number of hydrazone groups is 1. The number of aromatic amines is 1. The molecule has 0 saturated carbocycles. The van der Waals surface area contributed by atoms with Gasteiger partial charge in [-0.15, -0.1) is 0 Å². The molecule has 0 fully saturated rings. The topological polar surface area (TPSA) is 88.0 Å². The Kier molecular flexibility index (Phi) is 6.81. The SMILES string of the molecule is O=C(N/N=C\c1cn[nH]c1-c1ccc(Cl)c(Cl)c1)c1ccn(Cc2ccc(Cl)cc2Cl)n1. The van der Waals surface area contributed by atoms with Crippen LogP contribution in [0.5, 0.6) is 0 Å². The number of hydrogen-bond acceptors (Lipinski definition) is 4. The van der Waals surface area contributed by atoms with Crippen molar-refractivity contribution >= 4 is 58.5 Å². The number of aromatic nitrogens is 4. The number of nitrogens with one attached hydrogen (secondary N) is 2. The van der Waals surface area contributed by atoms with Crippen LogP contribution in [-0.4, -0.2) is 32.1 Å². The molecule has 2 N–H and O–H groups in total. The van der Waals surface area contributed by atoms with Crippen LogP contribution in [0.25, 0.3) is 11.3 Å². The van der Waals surface area contributed by atoms with Crippen molar-refractivity contribution in [1.29, 1.82) is 0 Å². The first-order valence-corrected chi connectivity index (χ1v) is 10.7. The number of benzene rings is 2. The summed E-state index contributed by atoms with van der Waals surface area (Å²) in [6.07, 6.45) is 4.74. The maximum absolute atomic E-state index is 12.4. The summed E-state index contributed by atoms with van der Waals surface area (Å²) >= 11 is 24.2. The van der Waals surface area contributed by atoms with E-state index >= 15 is 0 Å². The molecule has 11 heteroatoms. The van der Waals surface area contributed by atoms with Crippen LogP contribution < -0.4 is 5.43 Å². The summed E-state index contributed by atoms with van der Waals surface area (Å²) in [4.78, 5) is 12.4. The third kappa shape index (κ3) is 5.14. The monoisotopic (exact) mass is 506 g/mol. The van der Waals surface area contributed by atoms with Gasteiger partial charge in [0.05, 0.1) is 34.7 Å². The van der Waals surface area contributed by atoms with Crippen LogP contribution in [0.1, 0.15) is 21.6 Å². The molecule has 32 heavy (non-hydrogen) atoms. The molecule has 1 amide bonds. The van der Waals surface area contributed by atoms with E-state index in [9.17, 15) is 4.79 Å². The van der Waals surface area contributed by atoms with Gasteiger partial charge in [0.15, 0.2) is 5.69 Å². The maximum Gasteiger partial charge on any atom is 0.291 e. The van der Waals surface area contributed by atoms with Crippen molar-refractivity contribution in [3.05, 3.63) is 91.8 Å². The summed E-state index contributed by atoms with van der Waals surface area (Å²) in [5.41, 5.74) is 5.63. The quantitative estimate of drug-likeness (QED) is 0.259. The molecule has 2 heterocycles. The third-order valence-corrected chi connectivity index (χ3v) is 5.79. The Labute approximate surface area is 202 Å². The average molecular weight is 508 g/mol. The van der Waals surface area contributed by atoms with Crippen LogP contribution in [0, 0.1) is 0 Å². The Hall–Kier alpha value is -2.84. The molecule has 0 bridgehead atoms. The predicted octanol–water partition coefficient (Wildman–Crippen LogP) is 5.70. The Bertz CT molecular complexity index is 1310. The van der Waals surface area contributed by atoms with Crippen molar-refractivity contribution in [3.63, 3.8) is 0 Å². The summed E-state index contributed by atoms with van der Waals surface area (Å²) in [7, 11) is 0. The molecule has 0 aliphatic heterocycles. The van der Waals surface area contributed by atoms with Crippen LogP contribution >= 0.6 is 46.4 Å². The molecule has 0 radical (unpaired) electrons. The van der Waals surface area contributed by atoms with Gasteiger partial charge in [-0.25, -0.2) is 5.43 Å². The van der Waals surface area contributed by atoms with Gasteiger partial charge in [-0.3, -0.25) is 14.6 Å². The molecule has 0 aliphatic carbocycles. The minimum absolute atomic E-state index is 0.212. The van der Waals surface area contributed by atoms with E-state index in [2.05, 4.69) is 25.8 Å². The first-order chi connectivity index (χ1) is 15.4. The highest BCUT2D eigenvalue weighted by molar-refractivity contribution is 6.42. The van der Waals surface area contributed by atoms with Gasteiger partial charge < -0.3 is 0 Å². The van der Waals surface area contributed by atoms with Gasteiger partial charge in [0, 0.05) is 27.4 Å². The van der Waals surface area contributed by atoms with Gasteiger partial charge in [0.2, 0.25) is 0 Å². The van der Waals surface area contributed by atoms with Gasteiger partial charge in [0.25, 0.3) is 5.91 Å². The fourth-order valence-corrected chi connectivity index (χ4v) is 3.66. The van der Waals surface area contributed by atoms with Crippen molar-refractivity contribution in [2.75, 3.05) is 0 Å². The molecular weight excluding hydrogens is 494 g/mol. The van der Waals surface area contributed by atoms with Crippen molar-refractivity contribution in [3.8, 4) is 11.3 Å². The van der Waals surface area contributed by atoms with Gasteiger partial charge in [-0.2, -0.15) is 15.3 Å². The fraction of sp³-hybridized carbons (Fsp3) is 0.0476. The summed E-state index contributed by atoms with van der Waals surface area (Å²) in [5, 5.41) is 17.1. The first-order valence-electron chi connectivity index (χ1n) is 9.20. The minimum atomic E-state index is -0.457. The number of hydrogen-bond donors (Lipinski definition) is 2. The van der Waals surface area contributed by atoms with E-state index < -0.39 is 5.91 Å². The molecular formula is C21H14Cl4N6O. The van der Waals surface area contributed by atoms with Crippen LogP contribution in [0.4, 0.5) is 0 Å². The van der Waals surface area contributed by atoms with E-state index in [1.54, 1.807) is 53.5 Å². The molecule has 2 aromatic carbocycles. The smallest absolute Gasteiger partial charge is 0.277 e. The van der Waals surface area contributed by atoms with Crippen molar-refractivity contribution in [2.24, 2.45) is 5.10 Å². The summed E-state index contributed by atoms with van der Waals surface area (Å²) in [6, 6.07) is 12.0. The number of amides is 1. The maximum atomic E-state index is 12.4.